The standard InChI is InChI=1S/C10H10N2S/c13-7-1-2-8-3-5-11-10-9(8)4-6-12-10/h1-6,13H,7H2,(H,11,12). The van der Waals surface area contributed by atoms with Crippen LogP contribution in [-0.4, -0.2) is 15.7 Å². The molecule has 66 valence electrons. The number of hydrogen-bond donors (Lipinski definition) is 2. The average Bonchev–Trinajstić information content (AvgIpc) is 2.62. The first-order valence-corrected chi connectivity index (χ1v) is 4.74. The van der Waals surface area contributed by atoms with Crippen molar-refractivity contribution >= 4 is 29.7 Å². The van der Waals surface area contributed by atoms with E-state index in [1.807, 2.05) is 24.4 Å². The Labute approximate surface area is 82.1 Å². The summed E-state index contributed by atoms with van der Waals surface area (Å²) in [5.41, 5.74) is 2.11. The maximum absolute atomic E-state index is 4.20. The van der Waals surface area contributed by atoms with Crippen molar-refractivity contribution < 1.29 is 0 Å². The topological polar surface area (TPSA) is 28.7 Å². The predicted molar refractivity (Wildman–Crippen MR) is 59.0 cm³/mol. The fourth-order valence-corrected chi connectivity index (χ4v) is 1.41. The Bertz CT molecular complexity index is 431. The Morgan fingerprint density at radius 2 is 2.38 bits per heavy atom. The van der Waals surface area contributed by atoms with E-state index in [4.69, 9.17) is 0 Å². The highest BCUT2D eigenvalue weighted by atomic mass is 32.1. The fraction of sp³-hybridized carbons (Fsp3) is 0.100. The zero-order valence-electron chi connectivity index (χ0n) is 7.07. The first-order chi connectivity index (χ1) is 6.42. The second kappa shape index (κ2) is 3.66. The number of aromatic nitrogens is 2. The van der Waals surface area contributed by atoms with Gasteiger partial charge in [0.25, 0.3) is 0 Å². The lowest BCUT2D eigenvalue weighted by molar-refractivity contribution is 1.32. The van der Waals surface area contributed by atoms with E-state index < -0.39 is 0 Å². The number of nitrogens with zero attached hydrogens (tertiary/aromatic N) is 1. The smallest absolute Gasteiger partial charge is 0.137 e. The Morgan fingerprint density at radius 3 is 3.23 bits per heavy atom. The Kier molecular flexibility index (Phi) is 2.36. The molecule has 1 N–H and O–H groups in total. The number of hydrogen-bond acceptors (Lipinski definition) is 2. The van der Waals surface area contributed by atoms with Crippen LogP contribution in [0, 0.1) is 0 Å². The number of thiol groups is 1. The lowest BCUT2D eigenvalue weighted by Gasteiger charge is -1.94. The van der Waals surface area contributed by atoms with Crippen molar-refractivity contribution in [2.45, 2.75) is 0 Å². The van der Waals surface area contributed by atoms with Crippen LogP contribution in [0.15, 0.2) is 30.6 Å². The second-order valence-electron chi connectivity index (χ2n) is 2.73. The van der Waals surface area contributed by atoms with Gasteiger partial charge in [-0.3, -0.25) is 0 Å². The van der Waals surface area contributed by atoms with Crippen molar-refractivity contribution in [2.24, 2.45) is 0 Å². The van der Waals surface area contributed by atoms with Crippen molar-refractivity contribution in [1.82, 2.24) is 9.97 Å². The van der Waals surface area contributed by atoms with Crippen LogP contribution >= 0.6 is 12.6 Å². The van der Waals surface area contributed by atoms with E-state index in [1.165, 1.54) is 5.56 Å². The zero-order chi connectivity index (χ0) is 9.10. The summed E-state index contributed by atoms with van der Waals surface area (Å²) in [6.45, 7) is 0. The molecule has 0 aliphatic carbocycles. The van der Waals surface area contributed by atoms with Gasteiger partial charge in [0.1, 0.15) is 5.65 Å². The number of pyridine rings is 1. The van der Waals surface area contributed by atoms with Crippen molar-refractivity contribution in [2.75, 3.05) is 5.75 Å². The van der Waals surface area contributed by atoms with E-state index in [1.54, 1.807) is 6.20 Å². The van der Waals surface area contributed by atoms with Crippen LogP contribution in [0.25, 0.3) is 17.1 Å². The minimum Gasteiger partial charge on any atom is -0.346 e. The molecule has 2 nitrogen and oxygen atoms in total. The van der Waals surface area contributed by atoms with Gasteiger partial charge in [-0.15, -0.1) is 0 Å². The minimum absolute atomic E-state index is 0.758. The molecule has 3 heteroatoms. The summed E-state index contributed by atoms with van der Waals surface area (Å²) in [6.07, 6.45) is 7.78. The lowest BCUT2D eigenvalue weighted by Crippen LogP contribution is -1.78. The van der Waals surface area contributed by atoms with Gasteiger partial charge in [0.2, 0.25) is 0 Å². The van der Waals surface area contributed by atoms with Crippen molar-refractivity contribution in [1.29, 1.82) is 0 Å². The van der Waals surface area contributed by atoms with Gasteiger partial charge in [0.15, 0.2) is 0 Å². The lowest BCUT2D eigenvalue weighted by atomic mass is 10.2. The summed E-state index contributed by atoms with van der Waals surface area (Å²) in [4.78, 5) is 7.27. The molecule has 2 heterocycles. The van der Waals surface area contributed by atoms with Crippen LogP contribution in [0.1, 0.15) is 5.56 Å². The van der Waals surface area contributed by atoms with E-state index in [2.05, 4.69) is 28.7 Å². The third kappa shape index (κ3) is 1.60. The Hall–Kier alpha value is -1.22. The number of aromatic amines is 1. The van der Waals surface area contributed by atoms with E-state index >= 15 is 0 Å². The third-order valence-electron chi connectivity index (χ3n) is 1.90. The predicted octanol–water partition coefficient (Wildman–Crippen LogP) is 2.51. The molecule has 0 radical (unpaired) electrons. The molecule has 2 aromatic rings. The third-order valence-corrected chi connectivity index (χ3v) is 2.11. The summed E-state index contributed by atoms with van der Waals surface area (Å²) in [6, 6.07) is 4.02. The first-order valence-electron chi connectivity index (χ1n) is 4.11. The van der Waals surface area contributed by atoms with Crippen LogP contribution in [0.4, 0.5) is 0 Å². The Balaban J connectivity index is 2.54. The molecule has 0 saturated carbocycles. The van der Waals surface area contributed by atoms with E-state index in [0.29, 0.717) is 0 Å². The van der Waals surface area contributed by atoms with Crippen LogP contribution in [0.5, 0.6) is 0 Å². The molecule has 2 rings (SSSR count). The number of rotatable bonds is 2. The summed E-state index contributed by atoms with van der Waals surface area (Å²) in [7, 11) is 0. The van der Waals surface area contributed by atoms with Crippen LogP contribution in [0.3, 0.4) is 0 Å². The number of nitrogens with one attached hydrogen (secondary N) is 1. The summed E-state index contributed by atoms with van der Waals surface area (Å²) in [5, 5.41) is 1.15. The normalized spacial score (nSPS) is 11.5. The van der Waals surface area contributed by atoms with Gasteiger partial charge in [0.05, 0.1) is 0 Å². The highest BCUT2D eigenvalue weighted by Crippen LogP contribution is 2.16. The average molecular weight is 190 g/mol. The maximum Gasteiger partial charge on any atom is 0.137 e. The summed E-state index contributed by atoms with van der Waals surface area (Å²) in [5.74, 6) is 0.758. The fourth-order valence-electron chi connectivity index (χ4n) is 1.31. The molecule has 13 heavy (non-hydrogen) atoms. The molecule has 0 aliphatic rings. The van der Waals surface area contributed by atoms with Gasteiger partial charge in [0, 0.05) is 23.5 Å². The molecule has 0 fully saturated rings. The summed E-state index contributed by atoms with van der Waals surface area (Å²) < 4.78 is 0. The first kappa shape index (κ1) is 8.38. The van der Waals surface area contributed by atoms with Crippen molar-refractivity contribution in [3.8, 4) is 0 Å². The zero-order valence-corrected chi connectivity index (χ0v) is 7.96. The van der Waals surface area contributed by atoms with E-state index in [0.717, 1.165) is 16.8 Å². The van der Waals surface area contributed by atoms with Gasteiger partial charge >= 0.3 is 0 Å². The van der Waals surface area contributed by atoms with E-state index in [9.17, 15) is 0 Å². The van der Waals surface area contributed by atoms with Gasteiger partial charge in [-0.1, -0.05) is 12.2 Å². The largest absolute Gasteiger partial charge is 0.346 e. The van der Waals surface area contributed by atoms with E-state index in [-0.39, 0.29) is 0 Å². The van der Waals surface area contributed by atoms with Gasteiger partial charge < -0.3 is 4.98 Å². The molecular formula is C10H10N2S. The molecular weight excluding hydrogens is 180 g/mol. The molecule has 0 aliphatic heterocycles. The number of fused-ring (bicyclic) bond motifs is 1. The maximum atomic E-state index is 4.20. The van der Waals surface area contributed by atoms with Crippen molar-refractivity contribution in [3.63, 3.8) is 0 Å². The quantitative estimate of drug-likeness (QED) is 0.700. The molecule has 0 bridgehead atoms. The summed E-state index contributed by atoms with van der Waals surface area (Å²) >= 11 is 4.12. The molecule has 0 aromatic carbocycles. The molecule has 0 amide bonds. The monoisotopic (exact) mass is 190 g/mol. The van der Waals surface area contributed by atoms with Gasteiger partial charge in [-0.05, 0) is 17.7 Å². The van der Waals surface area contributed by atoms with Crippen LogP contribution in [0.2, 0.25) is 0 Å². The SMILES string of the molecule is SCC=Cc1ccnc2[nH]ccc12. The van der Waals surface area contributed by atoms with Gasteiger partial charge in [-0.2, -0.15) is 12.6 Å². The Morgan fingerprint density at radius 1 is 1.46 bits per heavy atom. The highest BCUT2D eigenvalue weighted by molar-refractivity contribution is 7.80. The molecule has 0 spiro atoms. The second-order valence-corrected chi connectivity index (χ2v) is 3.09. The number of H-pyrrole nitrogens is 1. The van der Waals surface area contributed by atoms with Crippen molar-refractivity contribution in [3.05, 3.63) is 36.2 Å². The molecule has 0 saturated heterocycles. The molecule has 2 aromatic heterocycles. The highest BCUT2D eigenvalue weighted by Gasteiger charge is 1.97. The molecule has 0 unspecified atom stereocenters. The van der Waals surface area contributed by atoms with Crippen LogP contribution in [-0.2, 0) is 0 Å². The molecule has 0 atom stereocenters. The van der Waals surface area contributed by atoms with Crippen LogP contribution < -0.4 is 0 Å². The van der Waals surface area contributed by atoms with Gasteiger partial charge in [-0.25, -0.2) is 4.98 Å². The minimum atomic E-state index is 0.758.